The van der Waals surface area contributed by atoms with Crippen LogP contribution in [0.2, 0.25) is 0 Å². The molecule has 1 aliphatic carbocycles. The van der Waals surface area contributed by atoms with E-state index in [2.05, 4.69) is 65.8 Å². The van der Waals surface area contributed by atoms with Gasteiger partial charge in [-0.25, -0.2) is 15.0 Å². The zero-order valence-electron chi connectivity index (χ0n) is 50.3. The average Bonchev–Trinajstić information content (AvgIpc) is 2.75. The highest BCUT2D eigenvalue weighted by Crippen LogP contribution is 2.47. The number of phenols is 1. The number of hydrazine groups is 1. The fourth-order valence-corrected chi connectivity index (χ4v) is 13.3. The number of cyclic esters (lactones) is 1. The molecular formula is C65H81N9O11. The average molecular weight is 1160 g/mol. The van der Waals surface area contributed by atoms with Crippen LogP contribution < -0.4 is 15.6 Å². The lowest BCUT2D eigenvalue weighted by atomic mass is 9.84. The smallest absolute Gasteiger partial charge is 0.409 e. The van der Waals surface area contributed by atoms with Gasteiger partial charge in [0, 0.05) is 107 Å². The van der Waals surface area contributed by atoms with Crippen LogP contribution in [0.5, 0.6) is 5.75 Å². The van der Waals surface area contributed by atoms with E-state index < -0.39 is 71.3 Å². The highest BCUT2D eigenvalue weighted by atomic mass is 16.6. The van der Waals surface area contributed by atoms with Gasteiger partial charge in [0.25, 0.3) is 5.91 Å². The number of piperazine rings is 1. The van der Waals surface area contributed by atoms with Crippen LogP contribution in [0.3, 0.4) is 0 Å². The molecule has 5 aromatic rings. The number of aryl methyl sites for hydroxylation is 1. The Labute approximate surface area is 497 Å². The number of carbonyl (C=O) groups excluding carboxylic acids is 6. The number of likely N-dealkylation sites (tertiary alicyclic amines) is 1. The first-order valence-corrected chi connectivity index (χ1v) is 29.8. The van der Waals surface area contributed by atoms with Gasteiger partial charge in [-0.05, 0) is 104 Å². The van der Waals surface area contributed by atoms with Crippen molar-refractivity contribution in [2.45, 2.75) is 97.5 Å². The van der Waals surface area contributed by atoms with Crippen molar-refractivity contribution in [3.63, 3.8) is 0 Å². The molecule has 0 spiro atoms. The van der Waals surface area contributed by atoms with Gasteiger partial charge in [-0.2, -0.15) is 0 Å². The molecule has 5 aliphatic rings. The summed E-state index contributed by atoms with van der Waals surface area (Å²) in [6, 6.07) is 19.8. The monoisotopic (exact) mass is 1160 g/mol. The molecule has 3 saturated heterocycles. The Bertz CT molecular complexity index is 3360. The number of nitrogens with zero attached hydrogens (tertiary/aromatic N) is 7. The molecule has 9 atom stereocenters. The number of hydrogen-bond donors (Lipinski definition) is 3. The molecule has 5 amide bonds. The van der Waals surface area contributed by atoms with Crippen molar-refractivity contribution in [2.24, 2.45) is 29.1 Å². The van der Waals surface area contributed by atoms with Gasteiger partial charge >= 0.3 is 18.2 Å². The van der Waals surface area contributed by atoms with Crippen LogP contribution >= 0.6 is 0 Å². The Morgan fingerprint density at radius 2 is 1.69 bits per heavy atom. The van der Waals surface area contributed by atoms with Crippen molar-refractivity contribution in [3.05, 3.63) is 114 Å². The first-order valence-electron chi connectivity index (χ1n) is 29.8. The third-order valence-corrected chi connectivity index (χ3v) is 18.0. The van der Waals surface area contributed by atoms with E-state index >= 15 is 9.59 Å². The van der Waals surface area contributed by atoms with E-state index in [4.69, 9.17) is 23.9 Å². The largest absolute Gasteiger partial charge is 0.508 e. The minimum Gasteiger partial charge on any atom is -0.508 e. The van der Waals surface area contributed by atoms with E-state index in [0.717, 1.165) is 50.2 Å². The summed E-state index contributed by atoms with van der Waals surface area (Å²) in [5.41, 5.74) is 10.9. The van der Waals surface area contributed by atoms with Crippen molar-refractivity contribution in [2.75, 3.05) is 85.2 Å². The van der Waals surface area contributed by atoms with Crippen molar-refractivity contribution in [1.29, 1.82) is 0 Å². The minimum absolute atomic E-state index is 0.0000125. The minimum atomic E-state index is -1.26. The summed E-state index contributed by atoms with van der Waals surface area (Å²) in [6.45, 7) is 19.3. The molecule has 10 rings (SSSR count). The summed E-state index contributed by atoms with van der Waals surface area (Å²) in [7, 11) is 4.62. The number of anilines is 1. The second-order valence-electron chi connectivity index (χ2n) is 24.3. The number of esters is 1. The lowest BCUT2D eigenvalue weighted by molar-refractivity contribution is -0.156. The van der Waals surface area contributed by atoms with Gasteiger partial charge in [-0.1, -0.05) is 69.3 Å². The molecule has 452 valence electrons. The van der Waals surface area contributed by atoms with Gasteiger partial charge in [0.2, 0.25) is 11.8 Å². The van der Waals surface area contributed by atoms with Crippen LogP contribution in [0.25, 0.3) is 33.3 Å². The molecular weight excluding hydrogens is 1080 g/mol. The van der Waals surface area contributed by atoms with Crippen molar-refractivity contribution < 1.29 is 52.8 Å². The summed E-state index contributed by atoms with van der Waals surface area (Å²) in [5, 5.41) is 17.1. The molecule has 6 heterocycles. The zero-order chi connectivity index (χ0) is 60.6. The number of phenolic OH excluding ortho intramolecular Hbond substituents is 1. The van der Waals surface area contributed by atoms with E-state index in [0.29, 0.717) is 56.7 Å². The number of aromatic hydroxyl groups is 1. The molecule has 3 N–H and O–H groups in total. The number of rotatable bonds is 13. The number of ether oxygens (including phenoxy) is 4. The Kier molecular flexibility index (Phi) is 17.6. The second-order valence-corrected chi connectivity index (χ2v) is 24.3. The number of amides is 5. The Balaban J connectivity index is 1.04. The van der Waals surface area contributed by atoms with Crippen LogP contribution in [-0.4, -0.2) is 169 Å². The van der Waals surface area contributed by atoms with E-state index in [1.54, 1.807) is 51.1 Å². The number of hydrogen-bond acceptors (Lipinski definition) is 14. The molecule has 85 heavy (non-hydrogen) atoms. The highest BCUT2D eigenvalue weighted by Gasteiger charge is 2.54. The summed E-state index contributed by atoms with van der Waals surface area (Å²) < 4.78 is 25.0. The normalized spacial score (nSPS) is 23.2. The SMILES string of the molecule is C=C[C@@H](C)[C@@H](C(=O)N[C@H]1Cc2cc(O)cc(c2)-c2ccc3c(c2)c(c(-c2cc(N4CCN(C(=O)OC)CC4)cnc2[C@H](C)OC)n3CC)CC(C)(C)COC(=O)[C@H]2NN(CC3C[C@@H]32)C1=O)N(C)C(=O)[C@@H]1CN(C(=O)OCC)C[C@@H]1c1ccccc1. The maximum Gasteiger partial charge on any atom is 0.409 e. The summed E-state index contributed by atoms with van der Waals surface area (Å²) in [5.74, 6) is -3.82. The van der Waals surface area contributed by atoms with Crippen molar-refractivity contribution in [3.8, 4) is 28.1 Å². The lowest BCUT2D eigenvalue weighted by Crippen LogP contribution is -2.63. The number of pyridine rings is 1. The van der Waals surface area contributed by atoms with E-state index in [-0.39, 0.29) is 68.9 Å². The molecule has 3 aromatic carbocycles. The molecule has 6 bridgehead atoms. The first kappa shape index (κ1) is 60.2. The fourth-order valence-electron chi connectivity index (χ4n) is 13.3. The van der Waals surface area contributed by atoms with Crippen LogP contribution in [-0.2, 0) is 57.5 Å². The predicted octanol–water partition coefficient (Wildman–Crippen LogP) is 7.72. The first-order chi connectivity index (χ1) is 40.8. The van der Waals surface area contributed by atoms with Gasteiger partial charge in [0.1, 0.15) is 23.9 Å². The van der Waals surface area contributed by atoms with Gasteiger partial charge in [0.15, 0.2) is 0 Å². The summed E-state index contributed by atoms with van der Waals surface area (Å²) in [6.07, 6.45) is 3.27. The van der Waals surface area contributed by atoms with Crippen molar-refractivity contribution >= 4 is 52.5 Å². The number of nitrogens with one attached hydrogen (secondary N) is 2. The molecule has 20 heteroatoms. The topological polar surface area (TPSA) is 218 Å². The maximum absolute atomic E-state index is 15.3. The summed E-state index contributed by atoms with van der Waals surface area (Å²) >= 11 is 0. The zero-order valence-corrected chi connectivity index (χ0v) is 50.3. The highest BCUT2D eigenvalue weighted by molar-refractivity contribution is 5.97. The fraction of sp³-hybridized carbons (Fsp3) is 0.492. The summed E-state index contributed by atoms with van der Waals surface area (Å²) in [4.78, 5) is 97.6. The third kappa shape index (κ3) is 12.3. The molecule has 1 saturated carbocycles. The Hall–Kier alpha value is -7.97. The maximum atomic E-state index is 15.3. The third-order valence-electron chi connectivity index (χ3n) is 18.0. The molecule has 1 unspecified atom stereocenters. The molecule has 20 nitrogen and oxygen atoms in total. The Morgan fingerprint density at radius 1 is 0.941 bits per heavy atom. The van der Waals surface area contributed by atoms with Gasteiger partial charge in [0.05, 0.1) is 55.6 Å². The quantitative estimate of drug-likeness (QED) is 0.0585. The van der Waals surface area contributed by atoms with Gasteiger partial charge < -0.3 is 53.5 Å². The van der Waals surface area contributed by atoms with Gasteiger partial charge in [-0.15, -0.1) is 6.58 Å². The molecule has 4 aliphatic heterocycles. The predicted molar refractivity (Wildman–Crippen MR) is 321 cm³/mol. The number of aromatic nitrogens is 2. The number of fused-ring (bicyclic) bond motifs is 8. The van der Waals surface area contributed by atoms with Crippen LogP contribution in [0.4, 0.5) is 15.3 Å². The number of carbonyl (C=O) groups is 6. The second kappa shape index (κ2) is 24.9. The van der Waals surface area contributed by atoms with Crippen LogP contribution in [0.1, 0.15) is 82.4 Å². The van der Waals surface area contributed by atoms with Crippen LogP contribution in [0.15, 0.2) is 91.6 Å². The van der Waals surface area contributed by atoms with E-state index in [1.165, 1.54) is 21.9 Å². The van der Waals surface area contributed by atoms with Crippen LogP contribution in [0, 0.1) is 29.1 Å². The number of methoxy groups -OCH3 is 2. The standard InChI is InChI=1S/C65H81N9O11/c1-11-38(4)57(69(8)60(77)52-36-72(64(81)84-13-3)35-51(52)41-17-15-14-16-18-41)59(76)67-53-27-40-25-43(28-46(75)26-40)42-19-20-54-48(29-42)50(32-65(6,7)37-85-62(79)56-47-30-44(47)34-74(68-56)61(53)78)58(73(54)12-2)49-31-45(33-66-55(49)39(5)82-9)70-21-23-71(24-22-70)63(80)83-10/h11,14-20,25-26,28-29,31,33,38-39,44,47,51-53,56-57,68,75H,1,12-13,21-24,27,30,32,34-37H2,2-10H3,(H,67,76)/t38-,39+,44?,47+,51-,52-,53+,56+,57+/m1/s1. The van der Waals surface area contributed by atoms with Crippen molar-refractivity contribution in [1.82, 2.24) is 40.0 Å². The molecule has 2 aromatic heterocycles. The number of benzene rings is 3. The van der Waals surface area contributed by atoms with E-state index in [1.807, 2.05) is 55.6 Å². The Morgan fingerprint density at radius 3 is 2.39 bits per heavy atom. The molecule has 0 radical (unpaired) electrons. The number of likely N-dealkylation sites (N-methyl/N-ethyl adjacent to an activating group) is 1. The molecule has 4 fully saturated rings. The van der Waals surface area contributed by atoms with E-state index in [9.17, 15) is 24.3 Å². The van der Waals surface area contributed by atoms with Gasteiger partial charge in [-0.3, -0.25) is 29.2 Å². The lowest BCUT2D eigenvalue weighted by Gasteiger charge is -2.37.